The maximum Gasteiger partial charge on any atom is 0.0703 e. The fourth-order valence-electron chi connectivity index (χ4n) is 4.07. The van der Waals surface area contributed by atoms with Gasteiger partial charge in [0, 0.05) is 12.6 Å². The molecule has 0 amide bonds. The highest BCUT2D eigenvalue weighted by Gasteiger charge is 2.34. The molecule has 0 aromatic carbocycles. The van der Waals surface area contributed by atoms with Crippen molar-refractivity contribution in [2.75, 3.05) is 0 Å². The Morgan fingerprint density at radius 2 is 1.90 bits per heavy atom. The fourth-order valence-corrected chi connectivity index (χ4v) is 4.07. The summed E-state index contributed by atoms with van der Waals surface area (Å²) in [5.41, 5.74) is 0.917. The SMILES string of the molecule is CC1(C)CCCC(O)(Cc2ccn(C3CCCC3)n2)CC1. The van der Waals surface area contributed by atoms with Crippen LogP contribution in [0.3, 0.4) is 0 Å². The van der Waals surface area contributed by atoms with Gasteiger partial charge >= 0.3 is 0 Å². The molecule has 1 aromatic rings. The highest BCUT2D eigenvalue weighted by atomic mass is 16.3. The van der Waals surface area contributed by atoms with E-state index in [0.29, 0.717) is 11.5 Å². The minimum absolute atomic E-state index is 0.383. The summed E-state index contributed by atoms with van der Waals surface area (Å²) in [6, 6.07) is 2.72. The fraction of sp³-hybridized carbons (Fsp3) is 0.833. The molecule has 0 aliphatic heterocycles. The molecule has 2 fully saturated rings. The molecule has 118 valence electrons. The Labute approximate surface area is 128 Å². The number of hydrogen-bond acceptors (Lipinski definition) is 2. The van der Waals surface area contributed by atoms with E-state index >= 15 is 0 Å². The molecular weight excluding hydrogens is 260 g/mol. The summed E-state index contributed by atoms with van der Waals surface area (Å²) < 4.78 is 2.15. The Bertz CT molecular complexity index is 473. The maximum atomic E-state index is 11.0. The van der Waals surface area contributed by atoms with Crippen molar-refractivity contribution in [3.8, 4) is 0 Å². The average Bonchev–Trinajstić information content (AvgIpc) is 3.04. The van der Waals surface area contributed by atoms with E-state index in [1.165, 1.54) is 32.1 Å². The van der Waals surface area contributed by atoms with Gasteiger partial charge in [-0.25, -0.2) is 0 Å². The maximum absolute atomic E-state index is 11.0. The minimum atomic E-state index is -0.539. The second kappa shape index (κ2) is 5.75. The molecule has 1 unspecified atom stereocenters. The normalized spacial score (nSPS) is 30.4. The van der Waals surface area contributed by atoms with Gasteiger partial charge in [0.25, 0.3) is 0 Å². The molecule has 0 radical (unpaired) electrons. The van der Waals surface area contributed by atoms with Gasteiger partial charge in [-0.15, -0.1) is 0 Å². The van der Waals surface area contributed by atoms with Crippen LogP contribution in [-0.4, -0.2) is 20.5 Å². The Balaban J connectivity index is 1.65. The Hall–Kier alpha value is -0.830. The molecule has 1 heterocycles. The van der Waals surface area contributed by atoms with Crippen LogP contribution in [0.1, 0.15) is 83.4 Å². The monoisotopic (exact) mass is 290 g/mol. The number of aromatic nitrogens is 2. The molecule has 0 saturated heterocycles. The molecule has 1 N–H and O–H groups in total. The van der Waals surface area contributed by atoms with Crippen molar-refractivity contribution in [3.63, 3.8) is 0 Å². The Morgan fingerprint density at radius 3 is 2.67 bits per heavy atom. The zero-order valence-corrected chi connectivity index (χ0v) is 13.6. The lowest BCUT2D eigenvalue weighted by Gasteiger charge is -2.27. The summed E-state index contributed by atoms with van der Waals surface area (Å²) >= 11 is 0. The van der Waals surface area contributed by atoms with Gasteiger partial charge < -0.3 is 5.11 Å². The van der Waals surface area contributed by atoms with Crippen LogP contribution >= 0.6 is 0 Å². The van der Waals surface area contributed by atoms with Crippen LogP contribution in [0, 0.1) is 5.41 Å². The zero-order valence-electron chi connectivity index (χ0n) is 13.6. The highest BCUT2D eigenvalue weighted by molar-refractivity contribution is 5.06. The van der Waals surface area contributed by atoms with E-state index in [-0.39, 0.29) is 0 Å². The summed E-state index contributed by atoms with van der Waals surface area (Å²) in [5, 5.41) is 15.7. The van der Waals surface area contributed by atoms with Crippen LogP contribution in [0.25, 0.3) is 0 Å². The van der Waals surface area contributed by atoms with Crippen molar-refractivity contribution >= 4 is 0 Å². The quantitative estimate of drug-likeness (QED) is 0.845. The van der Waals surface area contributed by atoms with Crippen molar-refractivity contribution in [2.45, 2.75) is 89.7 Å². The molecule has 0 bridgehead atoms. The summed E-state index contributed by atoms with van der Waals surface area (Å²) in [5.74, 6) is 0. The predicted octanol–water partition coefficient (Wildman–Crippen LogP) is 4.26. The summed E-state index contributed by atoms with van der Waals surface area (Å²) in [6.07, 6.45) is 13.4. The topological polar surface area (TPSA) is 38.0 Å². The van der Waals surface area contributed by atoms with E-state index < -0.39 is 5.60 Å². The Kier molecular flexibility index (Phi) is 4.13. The third-order valence-electron chi connectivity index (χ3n) is 5.64. The van der Waals surface area contributed by atoms with Gasteiger partial charge in [-0.2, -0.15) is 5.10 Å². The van der Waals surface area contributed by atoms with Crippen molar-refractivity contribution in [3.05, 3.63) is 18.0 Å². The minimum Gasteiger partial charge on any atom is -0.389 e. The van der Waals surface area contributed by atoms with E-state index in [1.807, 2.05) is 0 Å². The van der Waals surface area contributed by atoms with Gasteiger partial charge in [0.2, 0.25) is 0 Å². The molecule has 3 rings (SSSR count). The predicted molar refractivity (Wildman–Crippen MR) is 85.3 cm³/mol. The summed E-state index contributed by atoms with van der Waals surface area (Å²) in [6.45, 7) is 4.65. The second-order valence-electron chi connectivity index (χ2n) is 8.14. The summed E-state index contributed by atoms with van der Waals surface area (Å²) in [4.78, 5) is 0. The first-order valence-electron chi connectivity index (χ1n) is 8.72. The van der Waals surface area contributed by atoms with Crippen LogP contribution in [0.5, 0.6) is 0 Å². The standard InChI is InChI=1S/C18H30N2O/c1-17(2)9-5-10-18(21,12-11-17)14-15-8-13-20(19-15)16-6-3-4-7-16/h8,13,16,21H,3-7,9-12,14H2,1-2H3. The van der Waals surface area contributed by atoms with Crippen molar-refractivity contribution in [1.82, 2.24) is 9.78 Å². The molecule has 2 aliphatic rings. The van der Waals surface area contributed by atoms with Gasteiger partial charge in [0.1, 0.15) is 0 Å². The molecule has 3 nitrogen and oxygen atoms in total. The van der Waals surface area contributed by atoms with Gasteiger partial charge in [0.15, 0.2) is 0 Å². The van der Waals surface area contributed by atoms with Crippen molar-refractivity contribution in [2.24, 2.45) is 5.41 Å². The van der Waals surface area contributed by atoms with E-state index in [9.17, 15) is 5.11 Å². The zero-order chi connectivity index (χ0) is 14.9. The first kappa shape index (κ1) is 15.1. The van der Waals surface area contributed by atoms with Crippen LogP contribution in [0.15, 0.2) is 12.3 Å². The molecule has 0 spiro atoms. The first-order valence-corrected chi connectivity index (χ1v) is 8.72. The second-order valence-corrected chi connectivity index (χ2v) is 8.14. The highest BCUT2D eigenvalue weighted by Crippen LogP contribution is 2.39. The van der Waals surface area contributed by atoms with E-state index in [4.69, 9.17) is 5.10 Å². The lowest BCUT2D eigenvalue weighted by molar-refractivity contribution is 0.0215. The number of nitrogens with zero attached hydrogens (tertiary/aromatic N) is 2. The van der Waals surface area contributed by atoms with Gasteiger partial charge in [0.05, 0.1) is 17.3 Å². The first-order chi connectivity index (χ1) is 9.96. The van der Waals surface area contributed by atoms with Crippen LogP contribution in [0.2, 0.25) is 0 Å². The molecule has 1 atom stereocenters. The third-order valence-corrected chi connectivity index (χ3v) is 5.64. The Morgan fingerprint density at radius 1 is 1.14 bits per heavy atom. The number of hydrogen-bond donors (Lipinski definition) is 1. The lowest BCUT2D eigenvalue weighted by Crippen LogP contribution is -2.31. The smallest absolute Gasteiger partial charge is 0.0703 e. The number of aliphatic hydroxyl groups is 1. The molecule has 21 heavy (non-hydrogen) atoms. The molecule has 1 aromatic heterocycles. The van der Waals surface area contributed by atoms with Gasteiger partial charge in [-0.1, -0.05) is 33.1 Å². The van der Waals surface area contributed by atoms with Crippen molar-refractivity contribution < 1.29 is 5.11 Å². The van der Waals surface area contributed by atoms with E-state index in [0.717, 1.165) is 37.8 Å². The molecule has 2 saturated carbocycles. The van der Waals surface area contributed by atoms with Gasteiger partial charge in [-0.3, -0.25) is 4.68 Å². The lowest BCUT2D eigenvalue weighted by atomic mass is 9.83. The third kappa shape index (κ3) is 3.68. The van der Waals surface area contributed by atoms with Gasteiger partial charge in [-0.05, 0) is 50.0 Å². The number of rotatable bonds is 3. The van der Waals surface area contributed by atoms with E-state index in [1.54, 1.807) is 0 Å². The van der Waals surface area contributed by atoms with Crippen molar-refractivity contribution in [1.29, 1.82) is 0 Å². The van der Waals surface area contributed by atoms with Crippen LogP contribution in [-0.2, 0) is 6.42 Å². The molecule has 3 heteroatoms. The summed E-state index contributed by atoms with van der Waals surface area (Å²) in [7, 11) is 0. The molecular formula is C18H30N2O. The van der Waals surface area contributed by atoms with E-state index in [2.05, 4.69) is 30.8 Å². The largest absolute Gasteiger partial charge is 0.389 e. The van der Waals surface area contributed by atoms with Crippen LogP contribution in [0.4, 0.5) is 0 Å². The average molecular weight is 290 g/mol. The van der Waals surface area contributed by atoms with Crippen LogP contribution < -0.4 is 0 Å². The molecule has 2 aliphatic carbocycles.